The molecule has 29 heavy (non-hydrogen) atoms. The van der Waals surface area contributed by atoms with Crippen LogP contribution in [0, 0.1) is 19.8 Å². The van der Waals surface area contributed by atoms with Crippen LogP contribution in [0.5, 0.6) is 5.75 Å². The van der Waals surface area contributed by atoms with Crippen LogP contribution < -0.4 is 10.4 Å². The van der Waals surface area contributed by atoms with Crippen molar-refractivity contribution in [1.82, 2.24) is 9.55 Å². The number of hydrogen-bond donors (Lipinski definition) is 0. The fourth-order valence-electron chi connectivity index (χ4n) is 3.64. The first-order valence-corrected chi connectivity index (χ1v) is 9.61. The Morgan fingerprint density at radius 1 is 1.14 bits per heavy atom. The molecular weight excluding hydrogens is 381 g/mol. The first-order valence-electron chi connectivity index (χ1n) is 9.61. The molecule has 0 saturated heterocycles. The van der Waals surface area contributed by atoms with E-state index >= 15 is 0 Å². The van der Waals surface area contributed by atoms with Crippen LogP contribution in [0.15, 0.2) is 41.2 Å². The molecule has 1 saturated carbocycles. The fourth-order valence-corrected chi connectivity index (χ4v) is 3.64. The van der Waals surface area contributed by atoms with Crippen molar-refractivity contribution in [3.05, 3.63) is 63.7 Å². The van der Waals surface area contributed by atoms with E-state index in [0.29, 0.717) is 40.2 Å². The Morgan fingerprint density at radius 2 is 1.86 bits per heavy atom. The smallest absolute Gasteiger partial charge is 0.405 e. The van der Waals surface area contributed by atoms with Gasteiger partial charge in [-0.15, -0.1) is 13.2 Å². The van der Waals surface area contributed by atoms with Crippen molar-refractivity contribution in [3.8, 4) is 11.4 Å². The van der Waals surface area contributed by atoms with Gasteiger partial charge < -0.3 is 4.74 Å². The summed E-state index contributed by atoms with van der Waals surface area (Å²) in [5, 5.41) is 0.681. The van der Waals surface area contributed by atoms with Gasteiger partial charge in [-0.2, -0.15) is 4.98 Å². The van der Waals surface area contributed by atoms with E-state index in [1.165, 1.54) is 23.5 Å². The average Bonchev–Trinajstić information content (AvgIpc) is 3.45. The molecule has 4 rings (SSSR count). The molecule has 2 aromatic carbocycles. The predicted octanol–water partition coefficient (Wildman–Crippen LogP) is 5.24. The zero-order valence-corrected chi connectivity index (χ0v) is 16.2. The van der Waals surface area contributed by atoms with E-state index in [0.717, 1.165) is 12.0 Å². The van der Waals surface area contributed by atoms with Gasteiger partial charge in [0.15, 0.2) is 0 Å². The maximum Gasteiger partial charge on any atom is 0.573 e. The molecule has 0 bridgehead atoms. The standard InChI is InChI=1S/C22H21F3N2O2/c1-13-5-3-4-6-18(13)27-19-12-20(29-22(23,24)25)14(2)11-16(19)17(26-21(27)28)10-9-15-7-8-15/h3-6,11-12,15H,7-10H2,1-2H3. The number of nitrogens with zero attached hydrogens (tertiary/aromatic N) is 2. The molecule has 0 radical (unpaired) electrons. The minimum Gasteiger partial charge on any atom is -0.405 e. The Labute approximate surface area is 166 Å². The summed E-state index contributed by atoms with van der Waals surface area (Å²) in [5.41, 5.74) is 2.25. The second kappa shape index (κ2) is 7.21. The number of benzene rings is 2. The normalized spacial score (nSPS) is 14.4. The number of aryl methyl sites for hydroxylation is 3. The predicted molar refractivity (Wildman–Crippen MR) is 105 cm³/mol. The Morgan fingerprint density at radius 3 is 2.52 bits per heavy atom. The van der Waals surface area contributed by atoms with Gasteiger partial charge in [-0.3, -0.25) is 4.57 Å². The van der Waals surface area contributed by atoms with Crippen molar-refractivity contribution in [3.63, 3.8) is 0 Å². The molecule has 1 aromatic heterocycles. The SMILES string of the molecule is Cc1cc2c(CCC3CC3)nc(=O)n(-c3ccccc3C)c2cc1OC(F)(F)F. The Bertz CT molecular complexity index is 1130. The van der Waals surface area contributed by atoms with E-state index in [2.05, 4.69) is 9.72 Å². The van der Waals surface area contributed by atoms with Gasteiger partial charge in [0.05, 0.1) is 16.9 Å². The van der Waals surface area contributed by atoms with Crippen molar-refractivity contribution in [1.29, 1.82) is 0 Å². The van der Waals surface area contributed by atoms with Crippen LogP contribution in [0.25, 0.3) is 16.6 Å². The number of ether oxygens (including phenoxy) is 1. The maximum atomic E-state index is 12.9. The summed E-state index contributed by atoms with van der Waals surface area (Å²) in [7, 11) is 0. The largest absolute Gasteiger partial charge is 0.573 e. The van der Waals surface area contributed by atoms with Gasteiger partial charge in [-0.1, -0.05) is 31.0 Å². The molecule has 4 nitrogen and oxygen atoms in total. The molecule has 1 aliphatic rings. The van der Waals surface area contributed by atoms with E-state index in [1.54, 1.807) is 25.1 Å². The Hall–Kier alpha value is -2.83. The highest BCUT2D eigenvalue weighted by Gasteiger charge is 2.32. The van der Waals surface area contributed by atoms with Crippen molar-refractivity contribution in [2.45, 2.75) is 45.9 Å². The summed E-state index contributed by atoms with van der Waals surface area (Å²) < 4.78 is 44.2. The molecule has 0 unspecified atom stereocenters. The van der Waals surface area contributed by atoms with Gasteiger partial charge >= 0.3 is 12.1 Å². The molecule has 0 atom stereocenters. The van der Waals surface area contributed by atoms with Gasteiger partial charge in [0.25, 0.3) is 0 Å². The van der Waals surface area contributed by atoms with Gasteiger partial charge in [-0.05, 0) is 55.9 Å². The van der Waals surface area contributed by atoms with Crippen LogP contribution in [-0.4, -0.2) is 15.9 Å². The van der Waals surface area contributed by atoms with E-state index < -0.39 is 12.1 Å². The van der Waals surface area contributed by atoms with E-state index in [1.807, 2.05) is 19.1 Å². The first kappa shape index (κ1) is 19.5. The maximum absolute atomic E-state index is 12.9. The highest BCUT2D eigenvalue weighted by atomic mass is 19.4. The number of alkyl halides is 3. The van der Waals surface area contributed by atoms with E-state index in [-0.39, 0.29) is 5.75 Å². The molecule has 152 valence electrons. The number of para-hydroxylation sites is 1. The average molecular weight is 402 g/mol. The molecule has 0 aliphatic heterocycles. The summed E-state index contributed by atoms with van der Waals surface area (Å²) in [6.45, 7) is 3.41. The van der Waals surface area contributed by atoms with Crippen LogP contribution in [0.3, 0.4) is 0 Å². The second-order valence-corrected chi connectivity index (χ2v) is 7.63. The number of rotatable bonds is 5. The minimum atomic E-state index is -4.81. The zero-order valence-electron chi connectivity index (χ0n) is 16.2. The molecule has 1 fully saturated rings. The summed E-state index contributed by atoms with van der Waals surface area (Å²) in [6, 6.07) is 10.2. The van der Waals surface area contributed by atoms with Crippen molar-refractivity contribution in [2.75, 3.05) is 0 Å². The van der Waals surface area contributed by atoms with Crippen molar-refractivity contribution >= 4 is 10.9 Å². The lowest BCUT2D eigenvalue weighted by Crippen LogP contribution is -2.25. The summed E-state index contributed by atoms with van der Waals surface area (Å²) in [6.07, 6.45) is -0.893. The minimum absolute atomic E-state index is 0.314. The third-order valence-electron chi connectivity index (χ3n) is 5.34. The quantitative estimate of drug-likeness (QED) is 0.586. The zero-order chi connectivity index (χ0) is 20.8. The van der Waals surface area contributed by atoms with Gasteiger partial charge in [0.1, 0.15) is 5.75 Å². The third kappa shape index (κ3) is 4.13. The summed E-state index contributed by atoms with van der Waals surface area (Å²) in [4.78, 5) is 17.2. The molecule has 1 heterocycles. The van der Waals surface area contributed by atoms with Crippen LogP contribution in [0.4, 0.5) is 13.2 Å². The molecule has 3 aromatic rings. The molecule has 0 amide bonds. The van der Waals surface area contributed by atoms with Gasteiger partial charge in [0.2, 0.25) is 0 Å². The second-order valence-electron chi connectivity index (χ2n) is 7.63. The van der Waals surface area contributed by atoms with Crippen LogP contribution in [0.1, 0.15) is 36.1 Å². The monoisotopic (exact) mass is 402 g/mol. The van der Waals surface area contributed by atoms with Gasteiger partial charge in [0, 0.05) is 11.5 Å². The Balaban J connectivity index is 1.96. The summed E-state index contributed by atoms with van der Waals surface area (Å²) in [5.74, 6) is 0.339. The fraction of sp³-hybridized carbons (Fsp3) is 0.364. The van der Waals surface area contributed by atoms with Crippen molar-refractivity contribution < 1.29 is 17.9 Å². The molecule has 1 aliphatic carbocycles. The van der Waals surface area contributed by atoms with Gasteiger partial charge in [-0.25, -0.2) is 4.79 Å². The lowest BCUT2D eigenvalue weighted by atomic mass is 10.0. The lowest BCUT2D eigenvalue weighted by molar-refractivity contribution is -0.274. The number of fused-ring (bicyclic) bond motifs is 1. The van der Waals surface area contributed by atoms with Crippen molar-refractivity contribution in [2.24, 2.45) is 5.92 Å². The molecule has 7 heteroatoms. The molecule has 0 N–H and O–H groups in total. The van der Waals surface area contributed by atoms with Crippen LogP contribution in [0.2, 0.25) is 0 Å². The third-order valence-corrected chi connectivity index (χ3v) is 5.34. The Kier molecular flexibility index (Phi) is 4.84. The number of halogens is 3. The first-order chi connectivity index (χ1) is 13.7. The van der Waals surface area contributed by atoms with E-state index in [9.17, 15) is 18.0 Å². The molecule has 0 spiro atoms. The highest BCUT2D eigenvalue weighted by molar-refractivity contribution is 5.85. The van der Waals surface area contributed by atoms with E-state index in [4.69, 9.17) is 0 Å². The number of hydrogen-bond acceptors (Lipinski definition) is 3. The topological polar surface area (TPSA) is 44.1 Å². The van der Waals surface area contributed by atoms with Crippen LogP contribution in [-0.2, 0) is 6.42 Å². The number of aromatic nitrogens is 2. The summed E-state index contributed by atoms with van der Waals surface area (Å²) >= 11 is 0. The molecular formula is C22H21F3N2O2. The lowest BCUT2D eigenvalue weighted by Gasteiger charge is -2.18. The van der Waals surface area contributed by atoms with Crippen LogP contribution >= 0.6 is 0 Å². The highest BCUT2D eigenvalue weighted by Crippen LogP contribution is 2.35.